The second-order valence-corrected chi connectivity index (χ2v) is 8.91. The number of rotatable bonds is 3. The topological polar surface area (TPSA) is 41.1 Å². The van der Waals surface area contributed by atoms with Crippen molar-refractivity contribution in [1.29, 1.82) is 0 Å². The minimum atomic E-state index is -1.46. The first kappa shape index (κ1) is 11.5. The fourth-order valence-electron chi connectivity index (χ4n) is 0.703. The maximum Gasteiger partial charge on any atom is 0.307 e. The lowest BCUT2D eigenvalue weighted by atomic mass is 10.3. The van der Waals surface area contributed by atoms with Crippen LogP contribution in [0, 0.1) is 0 Å². The van der Waals surface area contributed by atoms with E-state index in [1.807, 2.05) is 6.92 Å². The predicted octanol–water partition coefficient (Wildman–Crippen LogP) is 1.92. The number of hydrogen-bond acceptors (Lipinski definition) is 1. The molecule has 0 radical (unpaired) electrons. The van der Waals surface area contributed by atoms with Gasteiger partial charge in [-0.15, -0.1) is 0 Å². The average Bonchev–Trinajstić information content (AvgIpc) is 1.82. The van der Waals surface area contributed by atoms with E-state index in [4.69, 9.17) is 0 Å². The van der Waals surface area contributed by atoms with Crippen LogP contribution in [0.3, 0.4) is 0 Å². The van der Waals surface area contributed by atoms with Crippen molar-refractivity contribution >= 4 is 14.3 Å². The Kier molecular flexibility index (Phi) is 4.30. The molecule has 0 saturated carbocycles. The Labute approximate surface area is 76.0 Å². The minimum absolute atomic E-state index is 0.0245. The summed E-state index contributed by atoms with van der Waals surface area (Å²) in [7, 11) is -1.46. The van der Waals surface area contributed by atoms with Gasteiger partial charge in [-0.2, -0.15) is 0 Å². The third kappa shape index (κ3) is 6.21. The van der Waals surface area contributed by atoms with Gasteiger partial charge < -0.3 is 10.3 Å². The van der Waals surface area contributed by atoms with Gasteiger partial charge in [0.1, 0.15) is 8.24 Å². The molecule has 0 aromatic rings. The van der Waals surface area contributed by atoms with Gasteiger partial charge in [0.05, 0.1) is 0 Å². The third-order valence-electron chi connectivity index (χ3n) is 1.48. The Morgan fingerprint density at radius 3 is 2.25 bits per heavy atom. The molecule has 4 heteroatoms. The predicted molar refractivity (Wildman–Crippen MR) is 54.8 cm³/mol. The summed E-state index contributed by atoms with van der Waals surface area (Å²) in [6.07, 6.45) is 0.971. The van der Waals surface area contributed by atoms with Crippen molar-refractivity contribution in [2.75, 3.05) is 0 Å². The van der Waals surface area contributed by atoms with E-state index < -0.39 is 8.24 Å². The molecular formula is C8H20N2OSi. The van der Waals surface area contributed by atoms with E-state index in [0.29, 0.717) is 0 Å². The normalized spacial score (nSPS) is 13.8. The maximum atomic E-state index is 11.2. The van der Waals surface area contributed by atoms with E-state index in [0.717, 1.165) is 6.42 Å². The van der Waals surface area contributed by atoms with Crippen molar-refractivity contribution in [3.63, 3.8) is 0 Å². The number of amides is 2. The summed E-state index contributed by atoms with van der Waals surface area (Å²) >= 11 is 0. The van der Waals surface area contributed by atoms with E-state index in [2.05, 4.69) is 36.9 Å². The van der Waals surface area contributed by atoms with E-state index in [-0.39, 0.29) is 12.1 Å². The lowest BCUT2D eigenvalue weighted by molar-refractivity contribution is 0.242. The number of carbonyl (C=O) groups is 1. The minimum Gasteiger partial charge on any atom is -0.365 e. The fourth-order valence-corrected chi connectivity index (χ4v) is 1.46. The van der Waals surface area contributed by atoms with Gasteiger partial charge in [0, 0.05) is 6.04 Å². The highest BCUT2D eigenvalue weighted by atomic mass is 28.3. The van der Waals surface area contributed by atoms with Gasteiger partial charge in [-0.25, -0.2) is 4.79 Å². The molecule has 72 valence electrons. The molecule has 0 spiro atoms. The van der Waals surface area contributed by atoms with Gasteiger partial charge >= 0.3 is 6.03 Å². The SMILES string of the molecule is CCC(C)NC(=O)N[Si](C)(C)C. The highest BCUT2D eigenvalue weighted by Crippen LogP contribution is 1.94. The van der Waals surface area contributed by atoms with Gasteiger partial charge in [-0.3, -0.25) is 0 Å². The highest BCUT2D eigenvalue weighted by molar-refractivity contribution is 6.75. The molecule has 2 N–H and O–H groups in total. The molecule has 0 saturated heterocycles. The summed E-state index contributed by atoms with van der Waals surface area (Å²) in [5.74, 6) is 0. The zero-order valence-electron chi connectivity index (χ0n) is 8.69. The fraction of sp³-hybridized carbons (Fsp3) is 0.875. The summed E-state index contributed by atoms with van der Waals surface area (Å²) in [4.78, 5) is 14.2. The molecule has 0 rings (SSSR count). The molecule has 0 aliphatic heterocycles. The molecule has 1 unspecified atom stereocenters. The molecule has 0 heterocycles. The maximum absolute atomic E-state index is 11.2. The van der Waals surface area contributed by atoms with Gasteiger partial charge in [-0.05, 0) is 13.3 Å². The van der Waals surface area contributed by atoms with Crippen molar-refractivity contribution in [3.8, 4) is 0 Å². The van der Waals surface area contributed by atoms with Crippen molar-refractivity contribution in [1.82, 2.24) is 10.3 Å². The van der Waals surface area contributed by atoms with Crippen LogP contribution >= 0.6 is 0 Å². The molecule has 2 amide bonds. The molecule has 0 aromatic carbocycles. The first-order valence-electron chi connectivity index (χ1n) is 4.44. The molecular weight excluding hydrogens is 168 g/mol. The van der Waals surface area contributed by atoms with Crippen LogP contribution in [-0.2, 0) is 0 Å². The second kappa shape index (κ2) is 4.50. The van der Waals surface area contributed by atoms with Crippen LogP contribution in [0.5, 0.6) is 0 Å². The first-order chi connectivity index (χ1) is 5.35. The molecule has 0 bridgehead atoms. The Hall–Kier alpha value is -0.513. The Bertz CT molecular complexity index is 154. The number of hydrogen-bond donors (Lipinski definition) is 2. The largest absolute Gasteiger partial charge is 0.365 e. The van der Waals surface area contributed by atoms with Crippen LogP contribution in [-0.4, -0.2) is 20.3 Å². The third-order valence-corrected chi connectivity index (χ3v) is 2.46. The Morgan fingerprint density at radius 2 is 1.92 bits per heavy atom. The molecule has 0 fully saturated rings. The van der Waals surface area contributed by atoms with Crippen LogP contribution in [0.2, 0.25) is 19.6 Å². The van der Waals surface area contributed by atoms with Gasteiger partial charge in [-0.1, -0.05) is 26.6 Å². The summed E-state index contributed by atoms with van der Waals surface area (Å²) in [5, 5.41) is 2.87. The summed E-state index contributed by atoms with van der Waals surface area (Å²) < 4.78 is 0. The van der Waals surface area contributed by atoms with Crippen molar-refractivity contribution in [2.24, 2.45) is 0 Å². The molecule has 0 aromatic heterocycles. The first-order valence-corrected chi connectivity index (χ1v) is 7.94. The standard InChI is InChI=1S/C8H20N2OSi/c1-6-7(2)9-8(11)10-12(3,4)5/h7H,6H2,1-5H3,(H2,9,10,11). The monoisotopic (exact) mass is 188 g/mol. The summed E-state index contributed by atoms with van der Waals surface area (Å²) in [6, 6.07) is 0.241. The number of urea groups is 1. The molecule has 3 nitrogen and oxygen atoms in total. The number of nitrogens with one attached hydrogen (secondary N) is 2. The molecule has 0 aliphatic carbocycles. The second-order valence-electron chi connectivity index (χ2n) is 4.16. The summed E-state index contributed by atoms with van der Waals surface area (Å²) in [5.41, 5.74) is 0. The highest BCUT2D eigenvalue weighted by Gasteiger charge is 2.16. The lowest BCUT2D eigenvalue weighted by Gasteiger charge is -2.20. The van der Waals surface area contributed by atoms with Crippen LogP contribution < -0.4 is 10.3 Å². The van der Waals surface area contributed by atoms with Gasteiger partial charge in [0.15, 0.2) is 0 Å². The lowest BCUT2D eigenvalue weighted by Crippen LogP contribution is -2.51. The van der Waals surface area contributed by atoms with E-state index in [9.17, 15) is 4.79 Å². The smallest absolute Gasteiger partial charge is 0.307 e. The van der Waals surface area contributed by atoms with Gasteiger partial charge in [0.2, 0.25) is 0 Å². The quantitative estimate of drug-likeness (QED) is 0.653. The molecule has 0 aliphatic rings. The van der Waals surface area contributed by atoms with Crippen molar-refractivity contribution < 1.29 is 4.79 Å². The Balaban J connectivity index is 3.75. The van der Waals surface area contributed by atoms with Crippen LogP contribution in [0.25, 0.3) is 0 Å². The van der Waals surface area contributed by atoms with Crippen LogP contribution in [0.15, 0.2) is 0 Å². The Morgan fingerprint density at radius 1 is 1.42 bits per heavy atom. The average molecular weight is 188 g/mol. The van der Waals surface area contributed by atoms with E-state index in [1.165, 1.54) is 0 Å². The van der Waals surface area contributed by atoms with Crippen molar-refractivity contribution in [2.45, 2.75) is 46.0 Å². The van der Waals surface area contributed by atoms with E-state index >= 15 is 0 Å². The van der Waals surface area contributed by atoms with Gasteiger partial charge in [0.25, 0.3) is 0 Å². The molecule has 1 atom stereocenters. The zero-order chi connectivity index (χ0) is 9.78. The summed E-state index contributed by atoms with van der Waals surface area (Å²) in [6.45, 7) is 10.4. The van der Waals surface area contributed by atoms with Crippen molar-refractivity contribution in [3.05, 3.63) is 0 Å². The molecule has 12 heavy (non-hydrogen) atoms. The zero-order valence-corrected chi connectivity index (χ0v) is 9.69. The van der Waals surface area contributed by atoms with Crippen LogP contribution in [0.1, 0.15) is 20.3 Å². The van der Waals surface area contributed by atoms with E-state index in [1.54, 1.807) is 0 Å². The number of carbonyl (C=O) groups excluding carboxylic acids is 1. The van der Waals surface area contributed by atoms with Crippen LogP contribution in [0.4, 0.5) is 4.79 Å².